The monoisotopic (exact) mass is 259 g/mol. The van der Waals surface area contributed by atoms with Crippen LogP contribution in [0.25, 0.3) is 0 Å². The molecule has 0 aliphatic rings. The van der Waals surface area contributed by atoms with Gasteiger partial charge in [0.2, 0.25) is 0 Å². The van der Waals surface area contributed by atoms with Crippen LogP contribution in [0.2, 0.25) is 0 Å². The van der Waals surface area contributed by atoms with E-state index in [1.165, 1.54) is 11.1 Å². The zero-order valence-corrected chi connectivity index (χ0v) is 11.8. The van der Waals surface area contributed by atoms with E-state index in [1.807, 2.05) is 4.57 Å². The molecule has 0 spiro atoms. The zero-order valence-electron chi connectivity index (χ0n) is 11.8. The van der Waals surface area contributed by atoms with Gasteiger partial charge in [-0.05, 0) is 32.8 Å². The highest BCUT2D eigenvalue weighted by molar-refractivity contribution is 5.22. The van der Waals surface area contributed by atoms with Gasteiger partial charge in [0, 0.05) is 12.5 Å². The van der Waals surface area contributed by atoms with Gasteiger partial charge in [-0.25, -0.2) is 0 Å². The van der Waals surface area contributed by atoms with Crippen LogP contribution in [-0.4, -0.2) is 19.9 Å². The number of benzene rings is 1. The molecule has 0 aliphatic carbocycles. The van der Waals surface area contributed by atoms with Gasteiger partial charge in [-0.2, -0.15) is 0 Å². The Labute approximate surface area is 114 Å². The summed E-state index contributed by atoms with van der Waals surface area (Å²) >= 11 is 0. The number of hydrogen-bond donors (Lipinski definition) is 1. The highest BCUT2D eigenvalue weighted by Crippen LogP contribution is 2.14. The largest absolute Gasteiger partial charge is 0.388 e. The predicted octanol–water partition coefficient (Wildman–Crippen LogP) is 2.44. The smallest absolute Gasteiger partial charge is 0.159 e. The Morgan fingerprint density at radius 3 is 2.53 bits per heavy atom. The van der Waals surface area contributed by atoms with Gasteiger partial charge in [0.1, 0.15) is 12.4 Å². The molecule has 0 fully saturated rings. The fourth-order valence-corrected chi connectivity index (χ4v) is 2.36. The molecule has 2 aromatic rings. The van der Waals surface area contributed by atoms with Crippen LogP contribution in [0, 0.1) is 6.92 Å². The Hall–Kier alpha value is -1.68. The number of aliphatic hydroxyl groups is 1. The van der Waals surface area contributed by atoms with Crippen molar-refractivity contribution in [2.24, 2.45) is 0 Å². The average Bonchev–Trinajstić information content (AvgIpc) is 2.79. The van der Waals surface area contributed by atoms with Crippen molar-refractivity contribution in [3.8, 4) is 0 Å². The quantitative estimate of drug-likeness (QED) is 0.897. The molecule has 0 atom stereocenters. The molecule has 1 N–H and O–H groups in total. The lowest BCUT2D eigenvalue weighted by Crippen LogP contribution is -2.11. The van der Waals surface area contributed by atoms with E-state index in [-0.39, 0.29) is 12.6 Å². The van der Waals surface area contributed by atoms with Gasteiger partial charge >= 0.3 is 0 Å². The van der Waals surface area contributed by atoms with E-state index in [0.717, 1.165) is 18.7 Å². The Kier molecular flexibility index (Phi) is 4.32. The molecule has 4 heteroatoms. The summed E-state index contributed by atoms with van der Waals surface area (Å²) in [6.07, 6.45) is 1.78. The predicted molar refractivity (Wildman–Crippen MR) is 74.9 cm³/mol. The summed E-state index contributed by atoms with van der Waals surface area (Å²) in [4.78, 5) is 0. The first-order valence-corrected chi connectivity index (χ1v) is 6.71. The normalized spacial score (nSPS) is 11.2. The molecule has 1 aromatic carbocycles. The minimum absolute atomic E-state index is 0.0599. The molecule has 0 aliphatic heterocycles. The van der Waals surface area contributed by atoms with Crippen molar-refractivity contribution >= 4 is 0 Å². The molecule has 102 valence electrons. The highest BCUT2D eigenvalue weighted by Gasteiger charge is 2.13. The van der Waals surface area contributed by atoms with Crippen LogP contribution in [0.5, 0.6) is 0 Å². The maximum atomic E-state index is 9.28. The van der Waals surface area contributed by atoms with Gasteiger partial charge < -0.3 is 9.67 Å². The van der Waals surface area contributed by atoms with Crippen LogP contribution in [0.15, 0.2) is 24.3 Å². The summed E-state index contributed by atoms with van der Waals surface area (Å²) in [5.41, 5.74) is 2.59. The van der Waals surface area contributed by atoms with Gasteiger partial charge in [0.25, 0.3) is 0 Å². The molecule has 1 heterocycles. The van der Waals surface area contributed by atoms with Gasteiger partial charge in [-0.15, -0.1) is 10.2 Å². The highest BCUT2D eigenvalue weighted by atomic mass is 16.3. The Balaban J connectivity index is 2.13. The summed E-state index contributed by atoms with van der Waals surface area (Å²) in [7, 11) is 0. The van der Waals surface area contributed by atoms with Crippen LogP contribution in [-0.2, 0) is 19.4 Å². The van der Waals surface area contributed by atoms with Crippen molar-refractivity contribution in [1.29, 1.82) is 0 Å². The number of hydrogen-bond acceptors (Lipinski definition) is 3. The molecular weight excluding hydrogens is 238 g/mol. The molecular formula is C15H21N3O. The van der Waals surface area contributed by atoms with E-state index in [9.17, 15) is 5.11 Å². The summed E-state index contributed by atoms with van der Waals surface area (Å²) in [6, 6.07) is 8.78. The van der Waals surface area contributed by atoms with Crippen molar-refractivity contribution in [2.75, 3.05) is 0 Å². The standard InChI is InChI=1S/C15H21N3O/c1-11(2)18-14(16-17-15(18)10-19)8-7-13-6-4-5-12(3)9-13/h4-6,9,11,19H,7-8,10H2,1-3H3. The van der Waals surface area contributed by atoms with Crippen molar-refractivity contribution in [1.82, 2.24) is 14.8 Å². The number of aryl methyl sites for hydroxylation is 3. The molecule has 0 unspecified atom stereocenters. The molecule has 1 aromatic heterocycles. The number of aromatic nitrogens is 3. The molecule has 0 saturated carbocycles. The summed E-state index contributed by atoms with van der Waals surface area (Å²) in [6.45, 7) is 6.21. The van der Waals surface area contributed by atoms with Gasteiger partial charge in [-0.3, -0.25) is 0 Å². The maximum Gasteiger partial charge on any atom is 0.159 e. The van der Waals surface area contributed by atoms with Crippen LogP contribution in [0.4, 0.5) is 0 Å². The van der Waals surface area contributed by atoms with Crippen molar-refractivity contribution in [3.05, 3.63) is 47.0 Å². The van der Waals surface area contributed by atoms with Crippen LogP contribution in [0.1, 0.15) is 42.7 Å². The Morgan fingerprint density at radius 2 is 1.89 bits per heavy atom. The lowest BCUT2D eigenvalue weighted by atomic mass is 10.1. The van der Waals surface area contributed by atoms with E-state index in [2.05, 4.69) is 55.2 Å². The zero-order chi connectivity index (χ0) is 13.8. The first-order valence-electron chi connectivity index (χ1n) is 6.71. The topological polar surface area (TPSA) is 50.9 Å². The van der Waals surface area contributed by atoms with E-state index in [4.69, 9.17) is 0 Å². The molecule has 4 nitrogen and oxygen atoms in total. The second-order valence-corrected chi connectivity index (χ2v) is 5.14. The second-order valence-electron chi connectivity index (χ2n) is 5.14. The third-order valence-electron chi connectivity index (χ3n) is 3.21. The summed E-state index contributed by atoms with van der Waals surface area (Å²) in [5.74, 6) is 1.59. The van der Waals surface area contributed by atoms with Crippen LogP contribution in [0.3, 0.4) is 0 Å². The number of nitrogens with zero attached hydrogens (tertiary/aromatic N) is 3. The first-order chi connectivity index (χ1) is 9.11. The van der Waals surface area contributed by atoms with Crippen LogP contribution >= 0.6 is 0 Å². The summed E-state index contributed by atoms with van der Waals surface area (Å²) in [5, 5.41) is 17.5. The summed E-state index contributed by atoms with van der Waals surface area (Å²) < 4.78 is 2.02. The van der Waals surface area contributed by atoms with Crippen LogP contribution < -0.4 is 0 Å². The SMILES string of the molecule is Cc1cccc(CCc2nnc(CO)n2C(C)C)c1. The van der Waals surface area contributed by atoms with Gasteiger partial charge in [0.15, 0.2) is 5.82 Å². The van der Waals surface area contributed by atoms with Crippen molar-refractivity contribution in [2.45, 2.75) is 46.3 Å². The third kappa shape index (κ3) is 3.20. The lowest BCUT2D eigenvalue weighted by Gasteiger charge is -2.13. The number of rotatable bonds is 5. The molecule has 0 saturated heterocycles. The maximum absolute atomic E-state index is 9.28. The fourth-order valence-electron chi connectivity index (χ4n) is 2.36. The Morgan fingerprint density at radius 1 is 1.16 bits per heavy atom. The average molecular weight is 259 g/mol. The second kappa shape index (κ2) is 5.97. The first kappa shape index (κ1) is 13.7. The molecule has 0 bridgehead atoms. The number of aliphatic hydroxyl groups excluding tert-OH is 1. The van der Waals surface area contributed by atoms with Gasteiger partial charge in [0.05, 0.1) is 0 Å². The van der Waals surface area contributed by atoms with Crippen molar-refractivity contribution < 1.29 is 5.11 Å². The molecule has 0 radical (unpaired) electrons. The van der Waals surface area contributed by atoms with E-state index in [1.54, 1.807) is 0 Å². The lowest BCUT2D eigenvalue weighted by molar-refractivity contribution is 0.261. The minimum Gasteiger partial charge on any atom is -0.388 e. The third-order valence-corrected chi connectivity index (χ3v) is 3.21. The molecule has 0 amide bonds. The fraction of sp³-hybridized carbons (Fsp3) is 0.467. The Bertz CT molecular complexity index is 546. The van der Waals surface area contributed by atoms with E-state index in [0.29, 0.717) is 5.82 Å². The van der Waals surface area contributed by atoms with E-state index >= 15 is 0 Å². The minimum atomic E-state index is -0.0599. The van der Waals surface area contributed by atoms with Gasteiger partial charge in [-0.1, -0.05) is 29.8 Å². The van der Waals surface area contributed by atoms with E-state index < -0.39 is 0 Å². The molecule has 2 rings (SSSR count). The molecule has 19 heavy (non-hydrogen) atoms. The van der Waals surface area contributed by atoms with Crippen molar-refractivity contribution in [3.63, 3.8) is 0 Å².